The molecule has 21 heavy (non-hydrogen) atoms. The Hall–Kier alpha value is -0.570. The van der Waals surface area contributed by atoms with Crippen molar-refractivity contribution in [1.29, 1.82) is 0 Å². The van der Waals surface area contributed by atoms with E-state index in [0.29, 0.717) is 5.54 Å². The van der Waals surface area contributed by atoms with Gasteiger partial charge < -0.3 is 5.32 Å². The number of halogens is 1. The molecular weight excluding hydrogens is 280 g/mol. The van der Waals surface area contributed by atoms with Crippen LogP contribution in [0.4, 0.5) is 0 Å². The van der Waals surface area contributed by atoms with E-state index < -0.39 is 0 Å². The Morgan fingerprint density at radius 2 is 2.05 bits per heavy atom. The second-order valence-corrected chi connectivity index (χ2v) is 7.62. The summed E-state index contributed by atoms with van der Waals surface area (Å²) in [5, 5.41) is 4.69. The molecule has 1 N–H and O–H groups in total. The zero-order valence-corrected chi connectivity index (χ0v) is 14.0. The third kappa shape index (κ3) is 3.13. The molecule has 1 aliphatic heterocycles. The predicted molar refractivity (Wildman–Crippen MR) is 89.8 cm³/mol. The van der Waals surface area contributed by atoms with Gasteiger partial charge in [0.2, 0.25) is 0 Å². The van der Waals surface area contributed by atoms with Crippen molar-refractivity contribution in [3.8, 4) is 0 Å². The Morgan fingerprint density at radius 1 is 1.29 bits per heavy atom. The normalized spacial score (nSPS) is 29.1. The Kier molecular flexibility index (Phi) is 4.31. The molecule has 1 aromatic carbocycles. The van der Waals surface area contributed by atoms with E-state index in [1.807, 2.05) is 6.07 Å². The van der Waals surface area contributed by atoms with Crippen LogP contribution < -0.4 is 5.32 Å². The fraction of sp³-hybridized carbons (Fsp3) is 0.667. The van der Waals surface area contributed by atoms with Crippen LogP contribution in [0, 0.1) is 0 Å². The van der Waals surface area contributed by atoms with Gasteiger partial charge in [-0.3, -0.25) is 4.90 Å². The van der Waals surface area contributed by atoms with Crippen LogP contribution in [0.3, 0.4) is 0 Å². The van der Waals surface area contributed by atoms with Crippen LogP contribution in [0.5, 0.6) is 0 Å². The van der Waals surface area contributed by atoms with Crippen LogP contribution in [-0.2, 0) is 6.54 Å². The molecule has 1 aromatic rings. The zero-order chi connectivity index (χ0) is 14.9. The van der Waals surface area contributed by atoms with Gasteiger partial charge in [-0.2, -0.15) is 0 Å². The molecule has 1 saturated carbocycles. The minimum atomic E-state index is 0.242. The maximum absolute atomic E-state index is 6.17. The molecule has 3 heteroatoms. The van der Waals surface area contributed by atoms with Crippen LogP contribution in [-0.4, -0.2) is 29.1 Å². The molecule has 0 bridgehead atoms. The molecule has 1 spiro atoms. The molecule has 2 fully saturated rings. The Labute approximate surface area is 133 Å². The highest BCUT2D eigenvalue weighted by Gasteiger charge is 2.46. The van der Waals surface area contributed by atoms with Gasteiger partial charge >= 0.3 is 0 Å². The van der Waals surface area contributed by atoms with Gasteiger partial charge in [-0.15, -0.1) is 0 Å². The summed E-state index contributed by atoms with van der Waals surface area (Å²) in [5.74, 6) is 0. The van der Waals surface area contributed by atoms with Crippen molar-refractivity contribution in [2.45, 2.75) is 63.6 Å². The summed E-state index contributed by atoms with van der Waals surface area (Å²) in [6.07, 6.45) is 6.59. The summed E-state index contributed by atoms with van der Waals surface area (Å²) >= 11 is 6.17. The average Bonchev–Trinajstić information content (AvgIpc) is 2.94. The SMILES string of the molecule is CCC1(C)CN(Cc2cccc(Cl)c2)C2(CCCC2)CN1. The summed E-state index contributed by atoms with van der Waals surface area (Å²) in [4.78, 5) is 2.74. The van der Waals surface area contributed by atoms with Crippen LogP contribution >= 0.6 is 11.6 Å². The van der Waals surface area contributed by atoms with Crippen molar-refractivity contribution >= 4 is 11.6 Å². The lowest BCUT2D eigenvalue weighted by Gasteiger charge is -2.52. The molecule has 3 rings (SSSR count). The molecule has 1 aliphatic carbocycles. The Bertz CT molecular complexity index is 496. The van der Waals surface area contributed by atoms with Gasteiger partial charge in [0.25, 0.3) is 0 Å². The predicted octanol–water partition coefficient (Wildman–Crippen LogP) is 4.23. The van der Waals surface area contributed by atoms with E-state index in [4.69, 9.17) is 11.6 Å². The second kappa shape index (κ2) is 5.91. The molecule has 0 radical (unpaired) electrons. The first-order valence-corrected chi connectivity index (χ1v) is 8.68. The highest BCUT2D eigenvalue weighted by Crippen LogP contribution is 2.39. The first-order chi connectivity index (χ1) is 10.1. The smallest absolute Gasteiger partial charge is 0.0409 e. The number of nitrogens with one attached hydrogen (secondary N) is 1. The lowest BCUT2D eigenvalue weighted by atomic mass is 9.84. The van der Waals surface area contributed by atoms with E-state index in [9.17, 15) is 0 Å². The van der Waals surface area contributed by atoms with E-state index in [2.05, 4.69) is 42.3 Å². The number of hydrogen-bond donors (Lipinski definition) is 1. The highest BCUT2D eigenvalue weighted by atomic mass is 35.5. The summed E-state index contributed by atoms with van der Waals surface area (Å²) in [6.45, 7) is 7.95. The summed E-state index contributed by atoms with van der Waals surface area (Å²) in [5.41, 5.74) is 1.96. The maximum Gasteiger partial charge on any atom is 0.0409 e. The van der Waals surface area contributed by atoms with Gasteiger partial charge in [-0.25, -0.2) is 0 Å². The quantitative estimate of drug-likeness (QED) is 0.899. The molecule has 0 amide bonds. The van der Waals surface area contributed by atoms with Crippen molar-refractivity contribution in [3.63, 3.8) is 0 Å². The molecule has 116 valence electrons. The fourth-order valence-corrected chi connectivity index (χ4v) is 4.19. The van der Waals surface area contributed by atoms with E-state index >= 15 is 0 Å². The van der Waals surface area contributed by atoms with Gasteiger partial charge in [0.15, 0.2) is 0 Å². The fourth-order valence-electron chi connectivity index (χ4n) is 3.98. The summed E-state index contributed by atoms with van der Waals surface area (Å²) in [6, 6.07) is 8.36. The van der Waals surface area contributed by atoms with E-state index in [1.54, 1.807) is 0 Å². The van der Waals surface area contributed by atoms with Crippen LogP contribution in [0.25, 0.3) is 0 Å². The van der Waals surface area contributed by atoms with Crippen molar-refractivity contribution in [2.24, 2.45) is 0 Å². The van der Waals surface area contributed by atoms with E-state index in [0.717, 1.165) is 24.7 Å². The molecule has 2 aliphatic rings. The zero-order valence-electron chi connectivity index (χ0n) is 13.3. The average molecular weight is 307 g/mol. The summed E-state index contributed by atoms with van der Waals surface area (Å²) < 4.78 is 0. The molecule has 2 nitrogen and oxygen atoms in total. The third-order valence-corrected chi connectivity index (χ3v) is 5.87. The summed E-state index contributed by atoms with van der Waals surface area (Å²) in [7, 11) is 0. The standard InChI is InChI=1S/C18H27ClN2/c1-3-17(2)14-21(12-15-7-6-8-16(19)11-15)18(13-20-17)9-4-5-10-18/h6-8,11,20H,3-5,9-10,12-14H2,1-2H3. The molecule has 1 unspecified atom stereocenters. The Morgan fingerprint density at radius 3 is 2.71 bits per heavy atom. The van der Waals surface area contributed by atoms with Crippen molar-refractivity contribution in [3.05, 3.63) is 34.9 Å². The van der Waals surface area contributed by atoms with Crippen LogP contribution in [0.2, 0.25) is 5.02 Å². The third-order valence-electron chi connectivity index (χ3n) is 5.63. The second-order valence-electron chi connectivity index (χ2n) is 7.19. The number of nitrogens with zero attached hydrogens (tertiary/aromatic N) is 1. The van der Waals surface area contributed by atoms with Crippen molar-refractivity contribution < 1.29 is 0 Å². The van der Waals surface area contributed by atoms with Gasteiger partial charge in [0, 0.05) is 35.7 Å². The first kappa shape index (κ1) is 15.3. The Balaban J connectivity index is 1.83. The molecule has 1 atom stereocenters. The number of piperazine rings is 1. The minimum Gasteiger partial charge on any atom is -0.308 e. The van der Waals surface area contributed by atoms with E-state index in [-0.39, 0.29) is 5.54 Å². The van der Waals surface area contributed by atoms with Crippen molar-refractivity contribution in [2.75, 3.05) is 13.1 Å². The lowest BCUT2D eigenvalue weighted by Crippen LogP contribution is -2.67. The lowest BCUT2D eigenvalue weighted by molar-refractivity contribution is 0.00533. The molecule has 1 saturated heterocycles. The molecule has 1 heterocycles. The highest BCUT2D eigenvalue weighted by molar-refractivity contribution is 6.30. The van der Waals surface area contributed by atoms with Crippen molar-refractivity contribution in [1.82, 2.24) is 10.2 Å². The van der Waals surface area contributed by atoms with Crippen LogP contribution in [0.1, 0.15) is 51.5 Å². The minimum absolute atomic E-state index is 0.242. The van der Waals surface area contributed by atoms with E-state index in [1.165, 1.54) is 37.7 Å². The maximum atomic E-state index is 6.17. The topological polar surface area (TPSA) is 15.3 Å². The van der Waals surface area contributed by atoms with Gasteiger partial charge in [-0.1, -0.05) is 43.5 Å². The molecular formula is C18H27ClN2. The largest absolute Gasteiger partial charge is 0.308 e. The van der Waals surface area contributed by atoms with Crippen LogP contribution in [0.15, 0.2) is 24.3 Å². The number of hydrogen-bond acceptors (Lipinski definition) is 2. The van der Waals surface area contributed by atoms with Gasteiger partial charge in [0.05, 0.1) is 0 Å². The monoisotopic (exact) mass is 306 g/mol. The van der Waals surface area contributed by atoms with Gasteiger partial charge in [-0.05, 0) is 43.9 Å². The molecule has 0 aromatic heterocycles. The first-order valence-electron chi connectivity index (χ1n) is 8.30. The number of benzene rings is 1. The number of rotatable bonds is 3. The van der Waals surface area contributed by atoms with Gasteiger partial charge in [0.1, 0.15) is 0 Å².